The van der Waals surface area contributed by atoms with Gasteiger partial charge in [0.15, 0.2) is 0 Å². The molecule has 0 saturated heterocycles. The van der Waals surface area contributed by atoms with Crippen LogP contribution in [0.3, 0.4) is 0 Å². The number of hydrogen-bond acceptors (Lipinski definition) is 3. The summed E-state index contributed by atoms with van der Waals surface area (Å²) in [5.74, 6) is -0.723. The molecule has 0 spiro atoms. The Bertz CT molecular complexity index is 525. The predicted molar refractivity (Wildman–Crippen MR) is 72.3 cm³/mol. The molecule has 2 rings (SSSR count). The minimum Gasteiger partial charge on any atom is -0.352 e. The Labute approximate surface area is 116 Å². The number of nitrogens with one attached hydrogen (secondary N) is 1. The molecule has 0 unspecified atom stereocenters. The van der Waals surface area contributed by atoms with E-state index in [1.165, 1.54) is 23.5 Å². The lowest BCUT2D eigenvalue weighted by molar-refractivity contribution is 0.0953. The maximum Gasteiger partial charge on any atom is 0.251 e. The first-order valence-electron chi connectivity index (χ1n) is 5.26. The second-order valence-electron chi connectivity index (χ2n) is 3.64. The van der Waals surface area contributed by atoms with Gasteiger partial charge < -0.3 is 5.32 Å². The molecule has 0 atom stereocenters. The summed E-state index contributed by atoms with van der Waals surface area (Å²) in [6, 6.07) is 4.11. The van der Waals surface area contributed by atoms with Gasteiger partial charge in [-0.3, -0.25) is 4.79 Å². The highest BCUT2D eigenvalue weighted by Crippen LogP contribution is 2.14. The van der Waals surface area contributed by atoms with Gasteiger partial charge >= 0.3 is 0 Å². The molecule has 94 valence electrons. The number of benzene rings is 1. The molecule has 1 N–H and O–H groups in total. The van der Waals surface area contributed by atoms with E-state index in [9.17, 15) is 9.18 Å². The fraction of sp³-hybridized carbons (Fsp3) is 0.167. The highest BCUT2D eigenvalue weighted by Gasteiger charge is 2.07. The molecular weight excluding hydrogens is 319 g/mol. The van der Waals surface area contributed by atoms with E-state index >= 15 is 0 Å². The second kappa shape index (κ2) is 6.06. The Hall–Kier alpha value is -1.27. The zero-order valence-electron chi connectivity index (χ0n) is 9.32. The van der Waals surface area contributed by atoms with E-state index in [-0.39, 0.29) is 5.91 Å². The first-order valence-corrected chi connectivity index (χ1v) is 7.00. The highest BCUT2D eigenvalue weighted by molar-refractivity contribution is 9.10. The van der Waals surface area contributed by atoms with Crippen LogP contribution in [0.4, 0.5) is 4.39 Å². The van der Waals surface area contributed by atoms with Crippen molar-refractivity contribution in [3.8, 4) is 0 Å². The number of amides is 1. The van der Waals surface area contributed by atoms with Crippen molar-refractivity contribution < 1.29 is 9.18 Å². The van der Waals surface area contributed by atoms with Gasteiger partial charge in [0.1, 0.15) is 5.82 Å². The SMILES string of the molecule is O=C(NCCc1cscn1)c1cc(F)cc(Br)c1. The molecule has 6 heteroatoms. The standard InChI is InChI=1S/C12H10BrFN2OS/c13-9-3-8(4-10(14)5-9)12(17)15-2-1-11-6-18-7-16-11/h3-7H,1-2H2,(H,15,17). The lowest BCUT2D eigenvalue weighted by Crippen LogP contribution is -2.25. The maximum atomic E-state index is 13.1. The highest BCUT2D eigenvalue weighted by atomic mass is 79.9. The Morgan fingerprint density at radius 2 is 2.28 bits per heavy atom. The van der Waals surface area contributed by atoms with Crippen molar-refractivity contribution in [2.45, 2.75) is 6.42 Å². The van der Waals surface area contributed by atoms with Crippen molar-refractivity contribution in [2.24, 2.45) is 0 Å². The molecule has 2 aromatic rings. The summed E-state index contributed by atoms with van der Waals surface area (Å²) < 4.78 is 13.7. The fourth-order valence-electron chi connectivity index (χ4n) is 1.45. The first kappa shape index (κ1) is 13.2. The van der Waals surface area contributed by atoms with Gasteiger partial charge in [-0.05, 0) is 18.2 Å². The lowest BCUT2D eigenvalue weighted by Gasteiger charge is -2.05. The predicted octanol–water partition coefficient (Wildman–Crippen LogP) is 3.02. The summed E-state index contributed by atoms with van der Waals surface area (Å²) in [5.41, 5.74) is 3.00. The lowest BCUT2D eigenvalue weighted by atomic mass is 10.2. The van der Waals surface area contributed by atoms with Gasteiger partial charge in [0.05, 0.1) is 11.2 Å². The largest absolute Gasteiger partial charge is 0.352 e. The topological polar surface area (TPSA) is 42.0 Å². The molecule has 18 heavy (non-hydrogen) atoms. The van der Waals surface area contributed by atoms with Crippen molar-refractivity contribution in [3.63, 3.8) is 0 Å². The maximum absolute atomic E-state index is 13.1. The number of nitrogens with zero attached hydrogens (tertiary/aromatic N) is 1. The van der Waals surface area contributed by atoms with Crippen molar-refractivity contribution >= 4 is 33.2 Å². The van der Waals surface area contributed by atoms with Gasteiger partial charge in [0.2, 0.25) is 0 Å². The molecule has 3 nitrogen and oxygen atoms in total. The van der Waals surface area contributed by atoms with Crippen LogP contribution in [0.25, 0.3) is 0 Å². The minimum atomic E-state index is -0.436. The van der Waals surface area contributed by atoms with Crippen molar-refractivity contribution in [2.75, 3.05) is 6.54 Å². The zero-order valence-corrected chi connectivity index (χ0v) is 11.7. The van der Waals surface area contributed by atoms with Crippen molar-refractivity contribution in [1.29, 1.82) is 0 Å². The molecule has 1 amide bonds. The Morgan fingerprint density at radius 1 is 1.44 bits per heavy atom. The number of thiazole rings is 1. The van der Waals surface area contributed by atoms with Crippen LogP contribution in [0.1, 0.15) is 16.1 Å². The number of hydrogen-bond donors (Lipinski definition) is 1. The number of carbonyl (C=O) groups is 1. The summed E-state index contributed by atoms with van der Waals surface area (Å²) in [7, 11) is 0. The monoisotopic (exact) mass is 328 g/mol. The third-order valence-corrected chi connectivity index (χ3v) is 3.37. The Balaban J connectivity index is 1.91. The van der Waals surface area contributed by atoms with Gasteiger partial charge in [-0.1, -0.05) is 15.9 Å². The van der Waals surface area contributed by atoms with Gasteiger partial charge in [0, 0.05) is 28.4 Å². The number of rotatable bonds is 4. The quantitative estimate of drug-likeness (QED) is 0.937. The molecule has 0 aliphatic carbocycles. The van der Waals surface area contributed by atoms with Gasteiger partial charge in [-0.25, -0.2) is 9.37 Å². The van der Waals surface area contributed by atoms with E-state index < -0.39 is 5.82 Å². The summed E-state index contributed by atoms with van der Waals surface area (Å²) in [4.78, 5) is 15.9. The molecule has 0 radical (unpaired) electrons. The van der Waals surface area contributed by atoms with E-state index in [0.717, 1.165) is 5.69 Å². The van der Waals surface area contributed by atoms with Crippen molar-refractivity contribution in [1.82, 2.24) is 10.3 Å². The summed E-state index contributed by atoms with van der Waals surface area (Å²) >= 11 is 4.67. The van der Waals surface area contributed by atoms with E-state index in [4.69, 9.17) is 0 Å². The first-order chi connectivity index (χ1) is 8.65. The molecule has 0 fully saturated rings. The fourth-order valence-corrected chi connectivity index (χ4v) is 2.51. The van der Waals surface area contributed by atoms with Gasteiger partial charge in [-0.15, -0.1) is 11.3 Å². The number of halogens is 2. The molecule has 1 aromatic heterocycles. The van der Waals surface area contributed by atoms with Crippen molar-refractivity contribution in [3.05, 3.63) is 50.6 Å². The summed E-state index contributed by atoms with van der Waals surface area (Å²) in [5, 5.41) is 4.67. The Kier molecular flexibility index (Phi) is 4.43. The normalized spacial score (nSPS) is 10.3. The smallest absolute Gasteiger partial charge is 0.251 e. The Morgan fingerprint density at radius 3 is 2.94 bits per heavy atom. The van der Waals surface area contributed by atoms with Crippen LogP contribution < -0.4 is 5.32 Å². The molecule has 1 aromatic carbocycles. The molecule has 0 aliphatic rings. The zero-order chi connectivity index (χ0) is 13.0. The van der Waals surface area contributed by atoms with Crippen LogP contribution in [-0.4, -0.2) is 17.4 Å². The van der Waals surface area contributed by atoms with Crippen LogP contribution in [0.5, 0.6) is 0 Å². The minimum absolute atomic E-state index is 0.287. The van der Waals surface area contributed by atoms with E-state index in [2.05, 4.69) is 26.2 Å². The molecule has 1 heterocycles. The third kappa shape index (κ3) is 3.61. The summed E-state index contributed by atoms with van der Waals surface area (Å²) in [6.45, 7) is 0.483. The van der Waals surface area contributed by atoms with E-state index in [1.54, 1.807) is 11.6 Å². The number of carbonyl (C=O) groups excluding carboxylic acids is 1. The van der Waals surface area contributed by atoms with Crippen LogP contribution in [0.15, 0.2) is 33.6 Å². The average molecular weight is 329 g/mol. The van der Waals surface area contributed by atoms with E-state index in [0.29, 0.717) is 23.0 Å². The molecular formula is C12H10BrFN2OS. The molecule has 0 saturated carbocycles. The molecule has 0 bridgehead atoms. The second-order valence-corrected chi connectivity index (χ2v) is 5.28. The van der Waals surface area contributed by atoms with Gasteiger partial charge in [-0.2, -0.15) is 0 Å². The third-order valence-electron chi connectivity index (χ3n) is 2.27. The van der Waals surface area contributed by atoms with Crippen LogP contribution in [-0.2, 0) is 6.42 Å². The van der Waals surface area contributed by atoms with Crippen LogP contribution in [0, 0.1) is 5.82 Å². The van der Waals surface area contributed by atoms with Crippen LogP contribution >= 0.6 is 27.3 Å². The summed E-state index contributed by atoms with van der Waals surface area (Å²) in [6.07, 6.45) is 0.672. The molecule has 0 aliphatic heterocycles. The average Bonchev–Trinajstić information content (AvgIpc) is 2.80. The van der Waals surface area contributed by atoms with Crippen LogP contribution in [0.2, 0.25) is 0 Å². The van der Waals surface area contributed by atoms with E-state index in [1.807, 2.05) is 5.38 Å². The number of aromatic nitrogens is 1. The van der Waals surface area contributed by atoms with Gasteiger partial charge in [0.25, 0.3) is 5.91 Å².